The van der Waals surface area contributed by atoms with Gasteiger partial charge >= 0.3 is 0 Å². The summed E-state index contributed by atoms with van der Waals surface area (Å²) in [6.45, 7) is 5.84. The number of para-hydroxylation sites is 2. The van der Waals surface area contributed by atoms with E-state index in [1.54, 1.807) is 6.07 Å². The lowest BCUT2D eigenvalue weighted by Gasteiger charge is -2.35. The highest BCUT2D eigenvalue weighted by molar-refractivity contribution is 6.05. The van der Waals surface area contributed by atoms with Gasteiger partial charge in [-0.2, -0.15) is 0 Å². The molecular formula is C17H21N3O2. The molecule has 1 aromatic carbocycles. The molecular weight excluding hydrogens is 278 g/mol. The van der Waals surface area contributed by atoms with Crippen molar-refractivity contribution in [3.8, 4) is 0 Å². The van der Waals surface area contributed by atoms with Crippen molar-refractivity contribution in [2.45, 2.75) is 6.92 Å². The average Bonchev–Trinajstić information content (AvgIpc) is 2.95. The normalized spacial score (nSPS) is 15.8. The summed E-state index contributed by atoms with van der Waals surface area (Å²) in [6.07, 6.45) is 1.54. The maximum atomic E-state index is 12.4. The van der Waals surface area contributed by atoms with Gasteiger partial charge in [0.1, 0.15) is 0 Å². The van der Waals surface area contributed by atoms with Crippen LogP contribution in [0.5, 0.6) is 0 Å². The minimum Gasteiger partial charge on any atom is -0.459 e. The van der Waals surface area contributed by atoms with Crippen LogP contribution in [-0.2, 0) is 0 Å². The number of likely N-dealkylation sites (N-methyl/N-ethyl adjacent to an activating group) is 1. The predicted molar refractivity (Wildman–Crippen MR) is 87.6 cm³/mol. The number of carbonyl (C=O) groups is 1. The van der Waals surface area contributed by atoms with E-state index in [0.717, 1.165) is 43.1 Å². The van der Waals surface area contributed by atoms with Crippen LogP contribution in [0.3, 0.4) is 0 Å². The number of carbonyl (C=O) groups excluding carboxylic acids is 1. The van der Waals surface area contributed by atoms with Gasteiger partial charge < -0.3 is 19.5 Å². The Labute approximate surface area is 130 Å². The fourth-order valence-corrected chi connectivity index (χ4v) is 2.69. The monoisotopic (exact) mass is 299 g/mol. The Kier molecular flexibility index (Phi) is 4.15. The number of piperazine rings is 1. The molecule has 1 aliphatic rings. The first-order valence-electron chi connectivity index (χ1n) is 7.53. The lowest BCUT2D eigenvalue weighted by molar-refractivity contribution is 0.0996. The highest BCUT2D eigenvalue weighted by Gasteiger charge is 2.19. The first kappa shape index (κ1) is 14.7. The van der Waals surface area contributed by atoms with Gasteiger partial charge in [0.2, 0.25) is 0 Å². The van der Waals surface area contributed by atoms with Crippen LogP contribution < -0.4 is 10.2 Å². The SMILES string of the molecule is Cc1ccoc1C(=O)Nc1ccccc1N1CCN(C)CC1. The standard InChI is InChI=1S/C17H21N3O2/c1-13-7-12-22-16(13)17(21)18-14-5-3-4-6-15(14)20-10-8-19(2)9-11-20/h3-7,12H,8-11H2,1-2H3,(H,18,21). The number of hydrogen-bond acceptors (Lipinski definition) is 4. The number of nitrogens with zero attached hydrogens (tertiary/aromatic N) is 2. The highest BCUT2D eigenvalue weighted by atomic mass is 16.3. The topological polar surface area (TPSA) is 48.7 Å². The number of anilines is 2. The van der Waals surface area contributed by atoms with Crippen molar-refractivity contribution < 1.29 is 9.21 Å². The lowest BCUT2D eigenvalue weighted by Crippen LogP contribution is -2.44. The van der Waals surface area contributed by atoms with E-state index in [-0.39, 0.29) is 5.91 Å². The second-order valence-corrected chi connectivity index (χ2v) is 5.69. The van der Waals surface area contributed by atoms with Crippen LogP contribution in [0, 0.1) is 6.92 Å². The molecule has 1 saturated heterocycles. The lowest BCUT2D eigenvalue weighted by atomic mass is 10.2. The van der Waals surface area contributed by atoms with Gasteiger partial charge in [-0.05, 0) is 32.2 Å². The van der Waals surface area contributed by atoms with Crippen LogP contribution in [0.25, 0.3) is 0 Å². The fraction of sp³-hybridized carbons (Fsp3) is 0.353. The molecule has 0 aliphatic carbocycles. The van der Waals surface area contributed by atoms with Crippen molar-refractivity contribution in [1.82, 2.24) is 4.90 Å². The molecule has 22 heavy (non-hydrogen) atoms. The van der Waals surface area contributed by atoms with Crippen LogP contribution in [0.15, 0.2) is 41.0 Å². The average molecular weight is 299 g/mol. The molecule has 0 saturated carbocycles. The van der Waals surface area contributed by atoms with Gasteiger partial charge in [0.05, 0.1) is 17.6 Å². The first-order chi connectivity index (χ1) is 10.6. The molecule has 1 amide bonds. The van der Waals surface area contributed by atoms with Crippen LogP contribution in [0.2, 0.25) is 0 Å². The van der Waals surface area contributed by atoms with Crippen molar-refractivity contribution >= 4 is 17.3 Å². The summed E-state index contributed by atoms with van der Waals surface area (Å²) in [5.41, 5.74) is 2.73. The maximum Gasteiger partial charge on any atom is 0.291 e. The van der Waals surface area contributed by atoms with Crippen LogP contribution in [0.4, 0.5) is 11.4 Å². The van der Waals surface area contributed by atoms with Crippen molar-refractivity contribution in [3.63, 3.8) is 0 Å². The van der Waals surface area contributed by atoms with E-state index in [0.29, 0.717) is 5.76 Å². The molecule has 0 unspecified atom stereocenters. The van der Waals surface area contributed by atoms with Gasteiger partial charge in [-0.3, -0.25) is 4.79 Å². The smallest absolute Gasteiger partial charge is 0.291 e. The number of amides is 1. The second kappa shape index (κ2) is 6.23. The molecule has 3 rings (SSSR count). The van der Waals surface area contributed by atoms with Crippen molar-refractivity contribution in [3.05, 3.63) is 47.9 Å². The van der Waals surface area contributed by atoms with Crippen molar-refractivity contribution in [1.29, 1.82) is 0 Å². The van der Waals surface area contributed by atoms with Crippen LogP contribution in [-0.4, -0.2) is 44.0 Å². The molecule has 116 valence electrons. The number of rotatable bonds is 3. The van der Waals surface area contributed by atoms with E-state index in [1.165, 1.54) is 6.26 Å². The van der Waals surface area contributed by atoms with Gasteiger partial charge in [-0.25, -0.2) is 0 Å². The van der Waals surface area contributed by atoms with Crippen LogP contribution in [0.1, 0.15) is 16.1 Å². The molecule has 5 heteroatoms. The minimum absolute atomic E-state index is 0.205. The number of nitrogens with one attached hydrogen (secondary N) is 1. The largest absolute Gasteiger partial charge is 0.459 e. The summed E-state index contributed by atoms with van der Waals surface area (Å²) in [5.74, 6) is 0.164. The van der Waals surface area contributed by atoms with E-state index in [1.807, 2.05) is 25.1 Å². The van der Waals surface area contributed by atoms with Gasteiger partial charge in [0.15, 0.2) is 5.76 Å². The van der Waals surface area contributed by atoms with E-state index in [4.69, 9.17) is 4.42 Å². The molecule has 1 aromatic heterocycles. The van der Waals surface area contributed by atoms with Crippen LogP contribution >= 0.6 is 0 Å². The molecule has 5 nitrogen and oxygen atoms in total. The summed E-state index contributed by atoms with van der Waals surface area (Å²) in [7, 11) is 2.13. The number of benzene rings is 1. The Morgan fingerprint density at radius 3 is 2.55 bits per heavy atom. The molecule has 0 spiro atoms. The second-order valence-electron chi connectivity index (χ2n) is 5.69. The molecule has 0 radical (unpaired) electrons. The quantitative estimate of drug-likeness (QED) is 0.946. The third-order valence-corrected chi connectivity index (χ3v) is 4.06. The van der Waals surface area contributed by atoms with Crippen molar-refractivity contribution in [2.75, 3.05) is 43.4 Å². The number of aryl methyl sites for hydroxylation is 1. The Balaban J connectivity index is 1.80. The third-order valence-electron chi connectivity index (χ3n) is 4.06. The summed E-state index contributed by atoms with van der Waals surface area (Å²) in [4.78, 5) is 17.0. The van der Waals surface area contributed by atoms with Gasteiger partial charge in [-0.15, -0.1) is 0 Å². The Bertz CT molecular complexity index is 657. The minimum atomic E-state index is -0.205. The molecule has 2 aromatic rings. The third kappa shape index (κ3) is 2.99. The van der Waals surface area contributed by atoms with Gasteiger partial charge in [-0.1, -0.05) is 12.1 Å². The van der Waals surface area contributed by atoms with E-state index >= 15 is 0 Å². The number of hydrogen-bond donors (Lipinski definition) is 1. The van der Waals surface area contributed by atoms with E-state index < -0.39 is 0 Å². The summed E-state index contributed by atoms with van der Waals surface area (Å²) in [6, 6.07) is 9.71. The maximum absolute atomic E-state index is 12.4. The molecule has 0 bridgehead atoms. The first-order valence-corrected chi connectivity index (χ1v) is 7.53. The molecule has 0 atom stereocenters. The zero-order valence-electron chi connectivity index (χ0n) is 13.0. The molecule has 1 aliphatic heterocycles. The summed E-state index contributed by atoms with van der Waals surface area (Å²) >= 11 is 0. The zero-order chi connectivity index (χ0) is 15.5. The van der Waals surface area contributed by atoms with Gasteiger partial charge in [0, 0.05) is 31.7 Å². The Hall–Kier alpha value is -2.27. The van der Waals surface area contributed by atoms with Crippen molar-refractivity contribution in [2.24, 2.45) is 0 Å². The molecule has 1 N–H and O–H groups in total. The summed E-state index contributed by atoms with van der Waals surface area (Å²) < 4.78 is 5.27. The predicted octanol–water partition coefficient (Wildman–Crippen LogP) is 2.59. The van der Waals surface area contributed by atoms with E-state index in [2.05, 4.69) is 28.2 Å². The van der Waals surface area contributed by atoms with Gasteiger partial charge in [0.25, 0.3) is 5.91 Å². The highest BCUT2D eigenvalue weighted by Crippen LogP contribution is 2.27. The van der Waals surface area contributed by atoms with E-state index in [9.17, 15) is 4.79 Å². The Morgan fingerprint density at radius 2 is 1.86 bits per heavy atom. The Morgan fingerprint density at radius 1 is 1.14 bits per heavy atom. The summed E-state index contributed by atoms with van der Waals surface area (Å²) in [5, 5.41) is 2.97. The molecule has 2 heterocycles. The zero-order valence-corrected chi connectivity index (χ0v) is 13.0. The number of furan rings is 1. The molecule has 1 fully saturated rings. The fourth-order valence-electron chi connectivity index (χ4n) is 2.69.